The van der Waals surface area contributed by atoms with Crippen molar-refractivity contribution in [2.75, 3.05) is 11.9 Å². The molecule has 11 heteroatoms. The molecule has 0 radical (unpaired) electrons. The molecule has 0 bridgehead atoms. The molecule has 1 saturated carbocycles. The van der Waals surface area contributed by atoms with Crippen molar-refractivity contribution in [3.8, 4) is 0 Å². The molecular weight excluding hydrogens is 407 g/mol. The smallest absolute Gasteiger partial charge is 0.416 e. The minimum atomic E-state index is -4.74. The van der Waals surface area contributed by atoms with Gasteiger partial charge in [0.15, 0.2) is 6.61 Å². The van der Waals surface area contributed by atoms with E-state index < -0.39 is 46.9 Å². The van der Waals surface area contributed by atoms with E-state index in [0.717, 1.165) is 31.7 Å². The molecule has 0 aliphatic heterocycles. The minimum Gasteiger partial charge on any atom is -0.454 e. The van der Waals surface area contributed by atoms with Gasteiger partial charge in [-0.3, -0.25) is 14.9 Å². The molecule has 0 heterocycles. The van der Waals surface area contributed by atoms with Gasteiger partial charge in [0.05, 0.1) is 10.5 Å². The summed E-state index contributed by atoms with van der Waals surface area (Å²) in [4.78, 5) is 34.2. The SMILES string of the molecule is C[C@H](Nc1ccc(C(F)(F)F)cc1[N+](=O)[O-])C(=O)OCC(=O)N[C@@H]1CCCC[C@@H]1C. The Kier molecular flexibility index (Phi) is 7.63. The Morgan fingerprint density at radius 1 is 1.30 bits per heavy atom. The standard InChI is InChI=1S/C19H24F3N3O5/c1-11-5-3-4-6-14(11)24-17(26)10-30-18(27)12(2)23-15-8-7-13(19(20,21)22)9-16(15)25(28)29/h7-9,11-12,14,23H,3-6,10H2,1-2H3,(H,24,26)/t11-,12-,14+/m0/s1. The van der Waals surface area contributed by atoms with Gasteiger partial charge in [-0.15, -0.1) is 0 Å². The molecule has 1 aliphatic carbocycles. The summed E-state index contributed by atoms with van der Waals surface area (Å²) >= 11 is 0. The summed E-state index contributed by atoms with van der Waals surface area (Å²) in [5.41, 5.74) is -2.27. The maximum absolute atomic E-state index is 12.8. The zero-order valence-corrected chi connectivity index (χ0v) is 16.6. The number of hydrogen-bond donors (Lipinski definition) is 2. The Labute approximate surface area is 171 Å². The highest BCUT2D eigenvalue weighted by Crippen LogP contribution is 2.35. The monoisotopic (exact) mass is 431 g/mol. The van der Waals surface area contributed by atoms with Gasteiger partial charge in [0.25, 0.3) is 11.6 Å². The Balaban J connectivity index is 1.93. The van der Waals surface area contributed by atoms with Crippen molar-refractivity contribution in [1.29, 1.82) is 0 Å². The van der Waals surface area contributed by atoms with Crippen molar-refractivity contribution in [1.82, 2.24) is 5.32 Å². The molecule has 1 amide bonds. The first-order chi connectivity index (χ1) is 14.0. The van der Waals surface area contributed by atoms with Crippen LogP contribution < -0.4 is 10.6 Å². The highest BCUT2D eigenvalue weighted by Gasteiger charge is 2.33. The molecule has 0 saturated heterocycles. The number of esters is 1. The molecule has 166 valence electrons. The second-order valence-electron chi connectivity index (χ2n) is 7.40. The number of nitrogens with zero attached hydrogens (tertiary/aromatic N) is 1. The van der Waals surface area contributed by atoms with Crippen LogP contribution in [0.3, 0.4) is 0 Å². The zero-order valence-electron chi connectivity index (χ0n) is 16.6. The van der Waals surface area contributed by atoms with Crippen LogP contribution >= 0.6 is 0 Å². The van der Waals surface area contributed by atoms with Crippen molar-refractivity contribution >= 4 is 23.3 Å². The van der Waals surface area contributed by atoms with Crippen molar-refractivity contribution in [3.05, 3.63) is 33.9 Å². The van der Waals surface area contributed by atoms with Gasteiger partial charge in [0, 0.05) is 12.1 Å². The molecule has 30 heavy (non-hydrogen) atoms. The molecule has 1 fully saturated rings. The number of nitro benzene ring substituents is 1. The number of halogens is 3. The predicted molar refractivity (Wildman–Crippen MR) is 102 cm³/mol. The van der Waals surface area contributed by atoms with Crippen molar-refractivity contribution < 1.29 is 32.4 Å². The predicted octanol–water partition coefficient (Wildman–Crippen LogP) is 3.65. The number of carbonyl (C=O) groups excluding carboxylic acids is 2. The lowest BCUT2D eigenvalue weighted by molar-refractivity contribution is -0.384. The summed E-state index contributed by atoms with van der Waals surface area (Å²) in [7, 11) is 0. The number of anilines is 1. The van der Waals surface area contributed by atoms with Gasteiger partial charge >= 0.3 is 12.1 Å². The first-order valence-corrected chi connectivity index (χ1v) is 9.57. The van der Waals surface area contributed by atoms with Crippen molar-refractivity contribution in [2.45, 2.75) is 57.8 Å². The molecule has 1 aromatic rings. The second-order valence-corrected chi connectivity index (χ2v) is 7.40. The second kappa shape index (κ2) is 9.77. The van der Waals surface area contributed by atoms with Gasteiger partial charge in [-0.1, -0.05) is 19.8 Å². The molecular formula is C19H24F3N3O5. The number of nitrogens with one attached hydrogen (secondary N) is 2. The maximum Gasteiger partial charge on any atom is 0.416 e. The average molecular weight is 431 g/mol. The summed E-state index contributed by atoms with van der Waals surface area (Å²) in [6.45, 7) is 2.85. The normalized spacial score (nSPS) is 20.2. The Morgan fingerprint density at radius 2 is 1.97 bits per heavy atom. The fourth-order valence-corrected chi connectivity index (χ4v) is 3.31. The van der Waals surface area contributed by atoms with E-state index in [9.17, 15) is 32.9 Å². The lowest BCUT2D eigenvalue weighted by Crippen LogP contribution is -2.43. The van der Waals surface area contributed by atoms with E-state index in [2.05, 4.69) is 10.6 Å². The van der Waals surface area contributed by atoms with E-state index in [0.29, 0.717) is 18.1 Å². The highest BCUT2D eigenvalue weighted by molar-refractivity contribution is 5.84. The first kappa shape index (κ1) is 23.4. The number of hydrogen-bond acceptors (Lipinski definition) is 6. The fraction of sp³-hybridized carbons (Fsp3) is 0.579. The number of carbonyl (C=O) groups is 2. The van der Waals surface area contributed by atoms with E-state index in [1.54, 1.807) is 0 Å². The summed E-state index contributed by atoms with van der Waals surface area (Å²) in [5.74, 6) is -0.981. The minimum absolute atomic E-state index is 0.0234. The maximum atomic E-state index is 12.8. The quantitative estimate of drug-likeness (QED) is 0.387. The van der Waals surface area contributed by atoms with Gasteiger partial charge in [0.2, 0.25) is 0 Å². The Bertz CT molecular complexity index is 800. The largest absolute Gasteiger partial charge is 0.454 e. The van der Waals surface area contributed by atoms with Gasteiger partial charge in [-0.25, -0.2) is 4.79 Å². The van der Waals surface area contributed by atoms with Crippen LogP contribution in [0.25, 0.3) is 0 Å². The lowest BCUT2D eigenvalue weighted by atomic mass is 9.86. The van der Waals surface area contributed by atoms with Crippen LogP contribution in [0.15, 0.2) is 18.2 Å². The van der Waals surface area contributed by atoms with E-state index in [-0.39, 0.29) is 11.7 Å². The molecule has 0 spiro atoms. The van der Waals surface area contributed by atoms with Gasteiger partial charge in [-0.05, 0) is 37.8 Å². The van der Waals surface area contributed by atoms with Crippen LogP contribution in [0, 0.1) is 16.0 Å². The highest BCUT2D eigenvalue weighted by atomic mass is 19.4. The van der Waals surface area contributed by atoms with Crippen LogP contribution in [0.2, 0.25) is 0 Å². The Morgan fingerprint density at radius 3 is 2.57 bits per heavy atom. The molecule has 0 aromatic heterocycles. The van der Waals surface area contributed by atoms with Crippen LogP contribution in [0.5, 0.6) is 0 Å². The molecule has 0 unspecified atom stereocenters. The fourth-order valence-electron chi connectivity index (χ4n) is 3.31. The first-order valence-electron chi connectivity index (χ1n) is 9.57. The third-order valence-electron chi connectivity index (χ3n) is 5.05. The summed E-state index contributed by atoms with van der Waals surface area (Å²) in [6.07, 6.45) is -0.741. The molecule has 3 atom stereocenters. The molecule has 8 nitrogen and oxygen atoms in total. The van der Waals surface area contributed by atoms with E-state index in [1.807, 2.05) is 6.92 Å². The van der Waals surface area contributed by atoms with E-state index >= 15 is 0 Å². The summed E-state index contributed by atoms with van der Waals surface area (Å²) in [5, 5.41) is 16.4. The van der Waals surface area contributed by atoms with Gasteiger partial charge in [0.1, 0.15) is 11.7 Å². The molecule has 2 rings (SSSR count). The topological polar surface area (TPSA) is 111 Å². The molecule has 1 aromatic carbocycles. The van der Waals surface area contributed by atoms with Gasteiger partial charge in [-0.2, -0.15) is 13.2 Å². The average Bonchev–Trinajstić information content (AvgIpc) is 2.67. The number of benzene rings is 1. The molecule has 1 aliphatic rings. The third kappa shape index (κ3) is 6.33. The van der Waals surface area contributed by atoms with Crippen molar-refractivity contribution in [2.24, 2.45) is 5.92 Å². The van der Waals surface area contributed by atoms with Crippen molar-refractivity contribution in [3.63, 3.8) is 0 Å². The zero-order chi connectivity index (χ0) is 22.5. The molecule has 2 N–H and O–H groups in total. The van der Waals surface area contributed by atoms with Crippen LogP contribution in [0.1, 0.15) is 45.1 Å². The third-order valence-corrected chi connectivity index (χ3v) is 5.05. The van der Waals surface area contributed by atoms with Crippen LogP contribution in [-0.2, 0) is 20.5 Å². The van der Waals surface area contributed by atoms with E-state index in [1.165, 1.54) is 6.92 Å². The number of ether oxygens (including phenoxy) is 1. The number of nitro groups is 1. The van der Waals surface area contributed by atoms with Crippen LogP contribution in [-0.4, -0.2) is 35.5 Å². The van der Waals surface area contributed by atoms with E-state index in [4.69, 9.17) is 4.74 Å². The van der Waals surface area contributed by atoms with Crippen LogP contribution in [0.4, 0.5) is 24.5 Å². The lowest BCUT2D eigenvalue weighted by Gasteiger charge is -2.29. The number of alkyl halides is 3. The number of amides is 1. The summed E-state index contributed by atoms with van der Waals surface area (Å²) in [6, 6.07) is 0.838. The summed E-state index contributed by atoms with van der Waals surface area (Å²) < 4.78 is 43.2. The Hall–Kier alpha value is -2.85. The van der Waals surface area contributed by atoms with Gasteiger partial charge < -0.3 is 15.4 Å². The number of rotatable bonds is 7.